The third kappa shape index (κ3) is 4.39. The van der Waals surface area contributed by atoms with Gasteiger partial charge < -0.3 is 4.42 Å². The molecule has 0 N–H and O–H groups in total. The van der Waals surface area contributed by atoms with E-state index < -0.39 is 0 Å². The van der Waals surface area contributed by atoms with E-state index in [1.807, 2.05) is 42.5 Å². The van der Waals surface area contributed by atoms with Gasteiger partial charge in [0, 0.05) is 22.1 Å². The predicted molar refractivity (Wildman–Crippen MR) is 187 cm³/mol. The molecule has 4 nitrogen and oxygen atoms in total. The van der Waals surface area contributed by atoms with Crippen molar-refractivity contribution in [3.63, 3.8) is 0 Å². The zero-order valence-corrected chi connectivity index (χ0v) is 24.8. The molecule has 4 heteroatoms. The second kappa shape index (κ2) is 10.7. The van der Waals surface area contributed by atoms with E-state index in [9.17, 15) is 0 Å². The Morgan fingerprint density at radius 1 is 0.413 bits per heavy atom. The molecular formula is C42H27N3O. The summed E-state index contributed by atoms with van der Waals surface area (Å²) in [4.78, 5) is 9.97. The number of aromatic nitrogens is 3. The zero-order valence-electron chi connectivity index (χ0n) is 24.8. The van der Waals surface area contributed by atoms with Gasteiger partial charge in [-0.1, -0.05) is 140 Å². The summed E-state index contributed by atoms with van der Waals surface area (Å²) in [6.45, 7) is 0. The fourth-order valence-electron chi connectivity index (χ4n) is 6.40. The Hall–Kier alpha value is -6.26. The van der Waals surface area contributed by atoms with Gasteiger partial charge in [-0.15, -0.1) is 0 Å². The molecule has 0 fully saturated rings. The van der Waals surface area contributed by atoms with E-state index in [0.717, 1.165) is 72.5 Å². The fourth-order valence-corrected chi connectivity index (χ4v) is 6.40. The van der Waals surface area contributed by atoms with E-state index in [4.69, 9.17) is 14.4 Å². The zero-order chi connectivity index (χ0) is 30.5. The molecule has 6 aromatic carbocycles. The van der Waals surface area contributed by atoms with Crippen molar-refractivity contribution < 1.29 is 4.42 Å². The molecule has 0 aliphatic heterocycles. The minimum atomic E-state index is 0.707. The lowest BCUT2D eigenvalue weighted by molar-refractivity contribution is 0.658. The van der Waals surface area contributed by atoms with Gasteiger partial charge in [0.2, 0.25) is 5.71 Å². The van der Waals surface area contributed by atoms with Crippen LogP contribution in [0.5, 0.6) is 0 Å². The van der Waals surface area contributed by atoms with Crippen molar-refractivity contribution in [1.82, 2.24) is 14.4 Å². The van der Waals surface area contributed by atoms with Crippen LogP contribution in [0.2, 0.25) is 0 Å². The largest absolute Gasteiger partial charge is 0.438 e. The van der Waals surface area contributed by atoms with Crippen molar-refractivity contribution in [1.29, 1.82) is 0 Å². The summed E-state index contributed by atoms with van der Waals surface area (Å²) in [5.41, 5.74) is 13.2. The molecule has 0 atom stereocenters. The van der Waals surface area contributed by atoms with Gasteiger partial charge in [0.15, 0.2) is 11.4 Å². The first-order chi connectivity index (χ1) is 22.8. The van der Waals surface area contributed by atoms with Gasteiger partial charge in [0.05, 0.1) is 28.0 Å². The van der Waals surface area contributed by atoms with Crippen LogP contribution in [0.15, 0.2) is 168 Å². The summed E-state index contributed by atoms with van der Waals surface area (Å²) in [5, 5.41) is 1.16. The fraction of sp³-hybridized carbons (Fsp3) is 0. The first kappa shape index (κ1) is 26.2. The minimum absolute atomic E-state index is 0.707. The molecular weight excluding hydrogens is 562 g/mol. The van der Waals surface area contributed by atoms with Gasteiger partial charge in [0.25, 0.3) is 0 Å². The first-order valence-electron chi connectivity index (χ1n) is 15.4. The first-order valence-corrected chi connectivity index (χ1v) is 15.4. The smallest absolute Gasteiger partial charge is 0.213 e. The molecule has 216 valence electrons. The number of para-hydroxylation sites is 1. The lowest BCUT2D eigenvalue weighted by Gasteiger charge is -2.10. The van der Waals surface area contributed by atoms with Crippen LogP contribution in [0.3, 0.4) is 0 Å². The molecule has 3 aromatic heterocycles. The van der Waals surface area contributed by atoms with E-state index in [-0.39, 0.29) is 0 Å². The standard InChI is InChI=1S/C42H27N3O/c1-4-12-28(13-5-1)33-24-25-38-39(26-33)46-42-40(34-18-10-11-19-37(34)45(38)42)31-22-20-30(21-23-31)36-27-35(29-14-6-2-7-15-29)43-41(44-36)32-16-8-3-9-17-32/h1-27H. The van der Waals surface area contributed by atoms with E-state index in [2.05, 4.69) is 126 Å². The summed E-state index contributed by atoms with van der Waals surface area (Å²) >= 11 is 0. The highest BCUT2D eigenvalue weighted by atomic mass is 16.3. The second-order valence-electron chi connectivity index (χ2n) is 11.5. The van der Waals surface area contributed by atoms with Crippen LogP contribution in [-0.4, -0.2) is 14.4 Å². The van der Waals surface area contributed by atoms with Crippen molar-refractivity contribution in [2.45, 2.75) is 0 Å². The molecule has 0 aliphatic carbocycles. The molecule has 9 rings (SSSR count). The number of rotatable bonds is 5. The number of fused-ring (bicyclic) bond motifs is 5. The molecule has 0 bridgehead atoms. The summed E-state index contributed by atoms with van der Waals surface area (Å²) in [6, 6.07) is 56.6. The highest BCUT2D eigenvalue weighted by Crippen LogP contribution is 2.40. The molecule has 0 saturated heterocycles. The number of benzene rings is 6. The van der Waals surface area contributed by atoms with Crippen molar-refractivity contribution in [3.05, 3.63) is 164 Å². The van der Waals surface area contributed by atoms with Gasteiger partial charge in [0.1, 0.15) is 0 Å². The van der Waals surface area contributed by atoms with Crippen LogP contribution in [0.1, 0.15) is 0 Å². The minimum Gasteiger partial charge on any atom is -0.438 e. The Balaban J connectivity index is 1.18. The number of hydrogen-bond acceptors (Lipinski definition) is 3. The predicted octanol–water partition coefficient (Wildman–Crippen LogP) is 11.0. The molecule has 0 radical (unpaired) electrons. The average Bonchev–Trinajstić information content (AvgIpc) is 3.67. The maximum atomic E-state index is 6.67. The Kier molecular flexibility index (Phi) is 6.10. The molecule has 9 aromatic rings. The molecule has 46 heavy (non-hydrogen) atoms. The van der Waals surface area contributed by atoms with E-state index in [1.54, 1.807) is 0 Å². The van der Waals surface area contributed by atoms with Gasteiger partial charge in [-0.3, -0.25) is 4.40 Å². The van der Waals surface area contributed by atoms with E-state index >= 15 is 0 Å². The van der Waals surface area contributed by atoms with Crippen molar-refractivity contribution >= 4 is 27.7 Å². The molecule has 3 heterocycles. The summed E-state index contributed by atoms with van der Waals surface area (Å²) < 4.78 is 8.91. The summed E-state index contributed by atoms with van der Waals surface area (Å²) in [7, 11) is 0. The number of nitrogens with zero attached hydrogens (tertiary/aromatic N) is 3. The number of hydrogen-bond donors (Lipinski definition) is 0. The Labute approximate surface area is 265 Å². The Morgan fingerprint density at radius 2 is 0.957 bits per heavy atom. The van der Waals surface area contributed by atoms with E-state index in [1.165, 1.54) is 5.56 Å². The molecule has 0 spiro atoms. The normalized spacial score (nSPS) is 11.5. The lowest BCUT2D eigenvalue weighted by Crippen LogP contribution is -1.95. The molecule has 0 amide bonds. The van der Waals surface area contributed by atoms with Crippen LogP contribution in [-0.2, 0) is 0 Å². The summed E-state index contributed by atoms with van der Waals surface area (Å²) in [5.74, 6) is 0.707. The lowest BCUT2D eigenvalue weighted by atomic mass is 10.0. The average molecular weight is 590 g/mol. The third-order valence-electron chi connectivity index (χ3n) is 8.64. The van der Waals surface area contributed by atoms with Gasteiger partial charge in [-0.05, 0) is 41.0 Å². The van der Waals surface area contributed by atoms with Crippen LogP contribution < -0.4 is 0 Å². The Bertz CT molecular complexity index is 2440. The van der Waals surface area contributed by atoms with Crippen molar-refractivity contribution in [3.8, 4) is 56.2 Å². The molecule has 0 saturated carbocycles. The number of oxazole rings is 1. The topological polar surface area (TPSA) is 43.3 Å². The van der Waals surface area contributed by atoms with Crippen molar-refractivity contribution in [2.75, 3.05) is 0 Å². The molecule has 0 aliphatic rings. The monoisotopic (exact) mass is 589 g/mol. The maximum Gasteiger partial charge on any atom is 0.213 e. The van der Waals surface area contributed by atoms with Crippen LogP contribution in [0.25, 0.3) is 83.9 Å². The van der Waals surface area contributed by atoms with Crippen LogP contribution >= 0.6 is 0 Å². The van der Waals surface area contributed by atoms with Crippen LogP contribution in [0.4, 0.5) is 0 Å². The quantitative estimate of drug-likeness (QED) is 0.201. The van der Waals surface area contributed by atoms with Gasteiger partial charge in [-0.2, -0.15) is 0 Å². The van der Waals surface area contributed by atoms with Crippen molar-refractivity contribution in [2.24, 2.45) is 0 Å². The van der Waals surface area contributed by atoms with E-state index in [0.29, 0.717) is 5.82 Å². The third-order valence-corrected chi connectivity index (χ3v) is 8.64. The maximum absolute atomic E-state index is 6.67. The second-order valence-corrected chi connectivity index (χ2v) is 11.5. The summed E-state index contributed by atoms with van der Waals surface area (Å²) in [6.07, 6.45) is 0. The highest BCUT2D eigenvalue weighted by Gasteiger charge is 2.20. The van der Waals surface area contributed by atoms with Gasteiger partial charge in [-0.25, -0.2) is 9.97 Å². The Morgan fingerprint density at radius 3 is 1.65 bits per heavy atom. The highest BCUT2D eigenvalue weighted by molar-refractivity contribution is 6.07. The molecule has 0 unspecified atom stereocenters. The van der Waals surface area contributed by atoms with Crippen LogP contribution in [0, 0.1) is 0 Å². The SMILES string of the molecule is c1ccc(-c2ccc3c(c2)oc2c(-c4ccc(-c5cc(-c6ccccc6)nc(-c6ccccc6)n5)cc4)c4ccccc4n23)cc1. The van der Waals surface area contributed by atoms with Gasteiger partial charge >= 0.3 is 0 Å².